The van der Waals surface area contributed by atoms with Gasteiger partial charge in [0.2, 0.25) is 0 Å². The first kappa shape index (κ1) is 23.1. The molecule has 0 unspecified atom stereocenters. The molecule has 8 heteroatoms. The number of anilines is 1. The van der Waals surface area contributed by atoms with E-state index in [1.165, 1.54) is 11.1 Å². The first-order valence-electron chi connectivity index (χ1n) is 10.8. The molecule has 3 aromatic carbocycles. The summed E-state index contributed by atoms with van der Waals surface area (Å²) in [7, 11) is 0. The zero-order valence-corrected chi connectivity index (χ0v) is 19.8. The number of aromatic nitrogens is 3. The lowest BCUT2D eigenvalue weighted by molar-refractivity contribution is 0.251. The van der Waals surface area contributed by atoms with E-state index >= 15 is 0 Å². The summed E-state index contributed by atoms with van der Waals surface area (Å²) in [5, 5.41) is 24.2. The van der Waals surface area contributed by atoms with Crippen molar-refractivity contribution < 1.29 is 4.79 Å². The summed E-state index contributed by atoms with van der Waals surface area (Å²) in [5.74, 6) is 1.39. The number of nitrogens with zero attached hydrogens (tertiary/aromatic N) is 4. The maximum absolute atomic E-state index is 12.5. The second kappa shape index (κ2) is 10.7. The molecule has 0 atom stereocenters. The van der Waals surface area contributed by atoms with Gasteiger partial charge in [0.25, 0.3) is 0 Å². The van der Waals surface area contributed by atoms with Crippen molar-refractivity contribution in [3.8, 4) is 11.8 Å². The van der Waals surface area contributed by atoms with Gasteiger partial charge in [-0.2, -0.15) is 5.26 Å². The van der Waals surface area contributed by atoms with Crippen LogP contribution in [0.5, 0.6) is 0 Å². The summed E-state index contributed by atoms with van der Waals surface area (Å²) in [4.78, 5) is 12.5. The normalized spacial score (nSPS) is 10.5. The van der Waals surface area contributed by atoms with E-state index in [2.05, 4.69) is 46.0 Å². The van der Waals surface area contributed by atoms with Crippen LogP contribution in [0.4, 0.5) is 10.5 Å². The van der Waals surface area contributed by atoms with Gasteiger partial charge in [0, 0.05) is 17.1 Å². The summed E-state index contributed by atoms with van der Waals surface area (Å²) in [6.45, 7) is 4.33. The van der Waals surface area contributed by atoms with Crippen LogP contribution in [0.25, 0.3) is 5.69 Å². The van der Waals surface area contributed by atoms with Gasteiger partial charge in [-0.15, -0.1) is 10.2 Å². The first-order valence-corrected chi connectivity index (χ1v) is 11.8. The van der Waals surface area contributed by atoms with Crippen LogP contribution in [0.2, 0.25) is 0 Å². The lowest BCUT2D eigenvalue weighted by Gasteiger charge is -2.12. The van der Waals surface area contributed by atoms with Crippen LogP contribution >= 0.6 is 11.8 Å². The smallest absolute Gasteiger partial charge is 0.319 e. The molecule has 170 valence electrons. The Morgan fingerprint density at radius 3 is 2.59 bits per heavy atom. The van der Waals surface area contributed by atoms with Gasteiger partial charge in [-0.3, -0.25) is 4.57 Å². The Bertz CT molecular complexity index is 1340. The van der Waals surface area contributed by atoms with Gasteiger partial charge in [-0.1, -0.05) is 59.8 Å². The standard InChI is InChI=1S/C26H24N6OS/c1-18-10-12-23(13-11-18)32-24(16-28-25(33)29-22-9-5-7-20(14-22)15-27)30-31-26(32)34-17-21-8-4-3-6-19(21)2/h3-14H,16-17H2,1-2H3,(H2,28,29,33). The van der Waals surface area contributed by atoms with E-state index in [-0.39, 0.29) is 12.6 Å². The minimum Gasteiger partial charge on any atom is -0.331 e. The Kier molecular flexibility index (Phi) is 7.25. The van der Waals surface area contributed by atoms with Crippen LogP contribution in [0.15, 0.2) is 78.0 Å². The fourth-order valence-electron chi connectivity index (χ4n) is 3.38. The zero-order valence-electron chi connectivity index (χ0n) is 18.9. The molecule has 0 radical (unpaired) electrons. The fourth-order valence-corrected chi connectivity index (χ4v) is 4.42. The SMILES string of the molecule is Cc1ccc(-n2c(CNC(=O)Nc3cccc(C#N)c3)nnc2SCc2ccccc2C)cc1. The van der Waals surface area contributed by atoms with Gasteiger partial charge in [-0.05, 0) is 55.3 Å². The summed E-state index contributed by atoms with van der Waals surface area (Å²) in [5.41, 5.74) is 5.59. The lowest BCUT2D eigenvalue weighted by atomic mass is 10.1. The predicted molar refractivity (Wildman–Crippen MR) is 134 cm³/mol. The molecule has 0 aliphatic carbocycles. The van der Waals surface area contributed by atoms with E-state index in [4.69, 9.17) is 5.26 Å². The molecule has 1 aromatic heterocycles. The maximum atomic E-state index is 12.5. The van der Waals surface area contributed by atoms with E-state index in [0.29, 0.717) is 17.1 Å². The van der Waals surface area contributed by atoms with E-state index in [1.54, 1.807) is 36.0 Å². The predicted octanol–water partition coefficient (Wildman–Crippen LogP) is 5.37. The van der Waals surface area contributed by atoms with Crippen molar-refractivity contribution >= 4 is 23.5 Å². The lowest BCUT2D eigenvalue weighted by Crippen LogP contribution is -2.29. The van der Waals surface area contributed by atoms with Gasteiger partial charge < -0.3 is 10.6 Å². The Balaban J connectivity index is 1.52. The topological polar surface area (TPSA) is 95.6 Å². The Hall–Kier alpha value is -4.09. The van der Waals surface area contributed by atoms with Crippen molar-refractivity contribution in [1.82, 2.24) is 20.1 Å². The number of aryl methyl sites for hydroxylation is 2. The summed E-state index contributed by atoms with van der Waals surface area (Å²) in [6.07, 6.45) is 0. The first-order chi connectivity index (χ1) is 16.5. The van der Waals surface area contributed by atoms with Gasteiger partial charge in [-0.25, -0.2) is 4.79 Å². The van der Waals surface area contributed by atoms with Crippen molar-refractivity contribution in [2.75, 3.05) is 5.32 Å². The maximum Gasteiger partial charge on any atom is 0.319 e. The molecule has 2 N–H and O–H groups in total. The van der Waals surface area contributed by atoms with Crippen LogP contribution in [-0.2, 0) is 12.3 Å². The second-order valence-electron chi connectivity index (χ2n) is 7.79. The molecule has 0 saturated heterocycles. The number of nitrogens with one attached hydrogen (secondary N) is 2. The number of thioether (sulfide) groups is 1. The average Bonchev–Trinajstić information content (AvgIpc) is 3.25. The van der Waals surface area contributed by atoms with Gasteiger partial charge in [0.15, 0.2) is 11.0 Å². The molecular weight excluding hydrogens is 444 g/mol. The molecule has 2 amide bonds. The van der Waals surface area contributed by atoms with Gasteiger partial charge >= 0.3 is 6.03 Å². The summed E-state index contributed by atoms with van der Waals surface area (Å²) >= 11 is 1.61. The van der Waals surface area contributed by atoms with Crippen LogP contribution in [0, 0.1) is 25.2 Å². The highest BCUT2D eigenvalue weighted by Gasteiger charge is 2.16. The molecule has 1 heterocycles. The molecule has 34 heavy (non-hydrogen) atoms. The zero-order chi connectivity index (χ0) is 23.9. The van der Waals surface area contributed by atoms with Crippen molar-refractivity contribution in [3.63, 3.8) is 0 Å². The third-order valence-corrected chi connectivity index (χ3v) is 6.24. The number of benzene rings is 3. The molecule has 0 aliphatic heterocycles. The summed E-state index contributed by atoms with van der Waals surface area (Å²) in [6, 6.07) is 24.8. The number of carbonyl (C=O) groups excluding carboxylic acids is 1. The molecule has 0 fully saturated rings. The van der Waals surface area contributed by atoms with E-state index < -0.39 is 0 Å². The Morgan fingerprint density at radius 1 is 1.03 bits per heavy atom. The van der Waals surface area contributed by atoms with E-state index in [1.807, 2.05) is 47.9 Å². The van der Waals surface area contributed by atoms with Crippen molar-refractivity contribution in [2.24, 2.45) is 0 Å². The Morgan fingerprint density at radius 2 is 1.82 bits per heavy atom. The molecule has 7 nitrogen and oxygen atoms in total. The minimum atomic E-state index is -0.386. The monoisotopic (exact) mass is 468 g/mol. The molecule has 4 aromatic rings. The number of amides is 2. The van der Waals surface area contributed by atoms with E-state index in [9.17, 15) is 4.79 Å². The molecule has 0 bridgehead atoms. The highest BCUT2D eigenvalue weighted by Crippen LogP contribution is 2.26. The molecule has 0 aliphatic rings. The third-order valence-electron chi connectivity index (χ3n) is 5.27. The van der Waals surface area contributed by atoms with Gasteiger partial charge in [0.1, 0.15) is 0 Å². The number of rotatable bonds is 7. The number of urea groups is 1. The van der Waals surface area contributed by atoms with Gasteiger partial charge in [0.05, 0.1) is 18.2 Å². The summed E-state index contributed by atoms with van der Waals surface area (Å²) < 4.78 is 1.97. The molecule has 4 rings (SSSR count). The number of nitriles is 1. The van der Waals surface area contributed by atoms with Crippen LogP contribution in [-0.4, -0.2) is 20.8 Å². The highest BCUT2D eigenvalue weighted by molar-refractivity contribution is 7.98. The number of hydrogen-bond donors (Lipinski definition) is 2. The number of carbonyl (C=O) groups is 1. The Labute approximate surface area is 202 Å². The largest absolute Gasteiger partial charge is 0.331 e. The number of hydrogen-bond acceptors (Lipinski definition) is 5. The fraction of sp³-hybridized carbons (Fsp3) is 0.154. The molecular formula is C26H24N6OS. The average molecular weight is 469 g/mol. The quantitative estimate of drug-likeness (QED) is 0.356. The van der Waals surface area contributed by atoms with Crippen LogP contribution in [0.1, 0.15) is 28.1 Å². The van der Waals surface area contributed by atoms with Crippen molar-refractivity contribution in [3.05, 3.63) is 101 Å². The van der Waals surface area contributed by atoms with E-state index in [0.717, 1.165) is 22.2 Å². The second-order valence-corrected chi connectivity index (χ2v) is 8.73. The molecule has 0 spiro atoms. The van der Waals surface area contributed by atoms with Crippen molar-refractivity contribution in [2.45, 2.75) is 31.3 Å². The third kappa shape index (κ3) is 5.63. The van der Waals surface area contributed by atoms with Crippen LogP contribution < -0.4 is 10.6 Å². The molecule has 0 saturated carbocycles. The van der Waals surface area contributed by atoms with Crippen molar-refractivity contribution in [1.29, 1.82) is 5.26 Å². The minimum absolute atomic E-state index is 0.190. The highest BCUT2D eigenvalue weighted by atomic mass is 32.2. The van der Waals surface area contributed by atoms with Crippen LogP contribution in [0.3, 0.4) is 0 Å².